The van der Waals surface area contributed by atoms with E-state index in [2.05, 4.69) is 17.6 Å². The van der Waals surface area contributed by atoms with Crippen LogP contribution in [0.25, 0.3) is 0 Å². The van der Waals surface area contributed by atoms with Gasteiger partial charge in [-0.15, -0.1) is 0 Å². The molecular formula is C13H24N2O3. The predicted molar refractivity (Wildman–Crippen MR) is 69.4 cm³/mol. The number of carbonyl (C=O) groups is 2. The third kappa shape index (κ3) is 4.94. The van der Waals surface area contributed by atoms with E-state index in [1.54, 1.807) is 6.92 Å². The van der Waals surface area contributed by atoms with Crippen LogP contribution in [-0.4, -0.2) is 29.2 Å². The molecule has 1 saturated carbocycles. The van der Waals surface area contributed by atoms with Crippen molar-refractivity contribution in [2.75, 3.05) is 0 Å². The van der Waals surface area contributed by atoms with Crippen molar-refractivity contribution in [3.8, 4) is 0 Å². The van der Waals surface area contributed by atoms with Crippen molar-refractivity contribution in [1.82, 2.24) is 10.6 Å². The fraction of sp³-hybridized carbons (Fsp3) is 0.846. The zero-order valence-corrected chi connectivity index (χ0v) is 11.2. The van der Waals surface area contributed by atoms with Gasteiger partial charge in [-0.2, -0.15) is 0 Å². The molecule has 0 aliphatic heterocycles. The summed E-state index contributed by atoms with van der Waals surface area (Å²) in [6.45, 7) is 3.85. The van der Waals surface area contributed by atoms with Crippen molar-refractivity contribution in [2.45, 2.75) is 64.5 Å². The Morgan fingerprint density at radius 2 is 2.00 bits per heavy atom. The monoisotopic (exact) mass is 256 g/mol. The van der Waals surface area contributed by atoms with Crippen molar-refractivity contribution >= 4 is 12.0 Å². The highest BCUT2D eigenvalue weighted by atomic mass is 16.4. The van der Waals surface area contributed by atoms with Crippen LogP contribution in [0, 0.1) is 5.92 Å². The minimum Gasteiger partial charge on any atom is -0.481 e. The Kier molecular flexibility index (Phi) is 5.95. The highest BCUT2D eigenvalue weighted by molar-refractivity contribution is 5.75. The number of nitrogens with one attached hydrogen (secondary N) is 2. The van der Waals surface area contributed by atoms with Gasteiger partial charge in [0.05, 0.1) is 6.42 Å². The molecule has 5 heteroatoms. The quantitative estimate of drug-likeness (QED) is 0.705. The zero-order valence-electron chi connectivity index (χ0n) is 11.2. The lowest BCUT2D eigenvalue weighted by Crippen LogP contribution is -2.49. The fourth-order valence-corrected chi connectivity index (χ4v) is 2.63. The summed E-state index contributed by atoms with van der Waals surface area (Å²) in [6.07, 6.45) is 5.64. The normalized spacial score (nSPS) is 25.2. The van der Waals surface area contributed by atoms with Crippen molar-refractivity contribution < 1.29 is 14.7 Å². The second-order valence-electron chi connectivity index (χ2n) is 5.18. The second kappa shape index (κ2) is 7.24. The first-order valence-corrected chi connectivity index (χ1v) is 6.81. The summed E-state index contributed by atoms with van der Waals surface area (Å²) in [4.78, 5) is 22.3. The average Bonchev–Trinajstić information content (AvgIpc) is 2.28. The topological polar surface area (TPSA) is 78.4 Å². The highest BCUT2D eigenvalue weighted by Gasteiger charge is 2.25. The van der Waals surface area contributed by atoms with Gasteiger partial charge in [-0.05, 0) is 25.7 Å². The van der Waals surface area contributed by atoms with Crippen LogP contribution in [0.15, 0.2) is 0 Å². The van der Waals surface area contributed by atoms with Crippen LogP contribution in [0.5, 0.6) is 0 Å². The van der Waals surface area contributed by atoms with Gasteiger partial charge in [0.2, 0.25) is 0 Å². The molecule has 0 aromatic heterocycles. The molecule has 3 unspecified atom stereocenters. The Labute approximate surface area is 108 Å². The molecule has 1 rings (SSSR count). The number of rotatable bonds is 5. The van der Waals surface area contributed by atoms with Gasteiger partial charge in [0.1, 0.15) is 0 Å². The molecule has 0 aromatic rings. The van der Waals surface area contributed by atoms with Crippen molar-refractivity contribution in [3.05, 3.63) is 0 Å². The highest BCUT2D eigenvalue weighted by Crippen LogP contribution is 2.26. The third-order valence-electron chi connectivity index (χ3n) is 3.61. The molecule has 0 bridgehead atoms. The van der Waals surface area contributed by atoms with E-state index in [9.17, 15) is 9.59 Å². The largest absolute Gasteiger partial charge is 0.481 e. The van der Waals surface area contributed by atoms with E-state index in [0.717, 1.165) is 19.3 Å². The van der Waals surface area contributed by atoms with E-state index in [4.69, 9.17) is 5.11 Å². The van der Waals surface area contributed by atoms with Crippen LogP contribution >= 0.6 is 0 Å². The summed E-state index contributed by atoms with van der Waals surface area (Å²) in [5.74, 6) is -0.341. The van der Waals surface area contributed by atoms with Gasteiger partial charge >= 0.3 is 12.0 Å². The molecule has 5 nitrogen and oxygen atoms in total. The summed E-state index contributed by atoms with van der Waals surface area (Å²) in [6, 6.07) is -0.346. The fourth-order valence-electron chi connectivity index (χ4n) is 2.63. The molecule has 1 aliphatic carbocycles. The molecule has 1 fully saturated rings. The maximum absolute atomic E-state index is 11.7. The number of amides is 2. The molecule has 3 atom stereocenters. The van der Waals surface area contributed by atoms with E-state index >= 15 is 0 Å². The lowest BCUT2D eigenvalue weighted by molar-refractivity contribution is -0.137. The van der Waals surface area contributed by atoms with Crippen LogP contribution in [0.4, 0.5) is 4.79 Å². The Bertz CT molecular complexity index is 294. The number of carbonyl (C=O) groups excluding carboxylic acids is 1. The van der Waals surface area contributed by atoms with Crippen LogP contribution in [0.2, 0.25) is 0 Å². The van der Waals surface area contributed by atoms with Gasteiger partial charge in [0.25, 0.3) is 0 Å². The van der Waals surface area contributed by atoms with Gasteiger partial charge in [0, 0.05) is 12.1 Å². The first-order chi connectivity index (χ1) is 8.52. The molecular weight excluding hydrogens is 232 g/mol. The number of hydrogen-bond donors (Lipinski definition) is 3. The van der Waals surface area contributed by atoms with E-state index < -0.39 is 5.97 Å². The van der Waals surface area contributed by atoms with Crippen molar-refractivity contribution in [1.29, 1.82) is 0 Å². The van der Waals surface area contributed by atoms with E-state index in [1.807, 2.05) is 0 Å². The van der Waals surface area contributed by atoms with Gasteiger partial charge in [0.15, 0.2) is 0 Å². The van der Waals surface area contributed by atoms with E-state index in [1.165, 1.54) is 12.8 Å². The van der Waals surface area contributed by atoms with Crippen LogP contribution in [0.3, 0.4) is 0 Å². The maximum atomic E-state index is 11.7. The van der Waals surface area contributed by atoms with Gasteiger partial charge in [-0.3, -0.25) is 4.79 Å². The van der Waals surface area contributed by atoms with Crippen molar-refractivity contribution in [3.63, 3.8) is 0 Å². The first-order valence-electron chi connectivity index (χ1n) is 6.81. The SMILES string of the molecule is CCC1CCCCC1NC(=O)NC(C)CC(=O)O. The molecule has 1 aliphatic rings. The molecule has 104 valence electrons. The second-order valence-corrected chi connectivity index (χ2v) is 5.18. The van der Waals surface area contributed by atoms with E-state index in [0.29, 0.717) is 5.92 Å². The Morgan fingerprint density at radius 3 is 2.61 bits per heavy atom. The molecule has 0 heterocycles. The molecule has 0 saturated heterocycles. The predicted octanol–water partition coefficient (Wildman–Crippen LogP) is 2.12. The van der Waals surface area contributed by atoms with Gasteiger partial charge < -0.3 is 15.7 Å². The number of hydrogen-bond acceptors (Lipinski definition) is 2. The Balaban J connectivity index is 2.36. The summed E-state index contributed by atoms with van der Waals surface area (Å²) in [7, 11) is 0. The smallest absolute Gasteiger partial charge is 0.315 e. The molecule has 0 spiro atoms. The average molecular weight is 256 g/mol. The zero-order chi connectivity index (χ0) is 13.5. The summed E-state index contributed by atoms with van der Waals surface area (Å²) >= 11 is 0. The van der Waals surface area contributed by atoms with Gasteiger partial charge in [-0.1, -0.05) is 26.2 Å². The standard InChI is InChI=1S/C13H24N2O3/c1-3-10-6-4-5-7-11(10)15-13(18)14-9(2)8-12(16)17/h9-11H,3-8H2,1-2H3,(H,16,17)(H2,14,15,18). The lowest BCUT2D eigenvalue weighted by atomic mass is 9.83. The molecule has 3 N–H and O–H groups in total. The molecule has 0 radical (unpaired) electrons. The Hall–Kier alpha value is -1.26. The van der Waals surface area contributed by atoms with Crippen LogP contribution in [-0.2, 0) is 4.79 Å². The Morgan fingerprint density at radius 1 is 1.33 bits per heavy atom. The first kappa shape index (κ1) is 14.8. The summed E-state index contributed by atoms with van der Waals surface area (Å²) in [5.41, 5.74) is 0. The van der Waals surface area contributed by atoms with Gasteiger partial charge in [-0.25, -0.2) is 4.79 Å². The number of carboxylic acids is 1. The maximum Gasteiger partial charge on any atom is 0.315 e. The molecule has 0 aromatic carbocycles. The van der Waals surface area contributed by atoms with E-state index in [-0.39, 0.29) is 24.5 Å². The number of aliphatic carboxylic acids is 1. The number of urea groups is 1. The third-order valence-corrected chi connectivity index (χ3v) is 3.61. The summed E-state index contributed by atoms with van der Waals surface area (Å²) < 4.78 is 0. The van der Waals surface area contributed by atoms with Crippen molar-refractivity contribution in [2.24, 2.45) is 5.92 Å². The number of carboxylic acid groups (broad SMARTS) is 1. The van der Waals surface area contributed by atoms with Crippen LogP contribution < -0.4 is 10.6 Å². The summed E-state index contributed by atoms with van der Waals surface area (Å²) in [5, 5.41) is 14.3. The lowest BCUT2D eigenvalue weighted by Gasteiger charge is -2.31. The molecule has 2 amide bonds. The molecule has 18 heavy (non-hydrogen) atoms. The van der Waals surface area contributed by atoms with Crippen LogP contribution in [0.1, 0.15) is 52.4 Å². The minimum atomic E-state index is -0.896. The minimum absolute atomic E-state index is 0.0463.